The molecule has 0 atom stereocenters. The van der Waals surface area contributed by atoms with Gasteiger partial charge in [-0.2, -0.15) is 5.10 Å². The molecule has 0 aliphatic rings. The quantitative estimate of drug-likeness (QED) is 0.783. The average Bonchev–Trinajstić information content (AvgIpc) is 3.02. The fourth-order valence-corrected chi connectivity index (χ4v) is 2.06. The predicted octanol–water partition coefficient (Wildman–Crippen LogP) is 2.59. The first kappa shape index (κ1) is 14.1. The molecule has 112 valence electrons. The van der Waals surface area contributed by atoms with Crippen LogP contribution in [0.3, 0.4) is 0 Å². The standard InChI is InChI=1S/C16H17N5O/c1-12-9-17-11-16(19-12)18-10-13-7-8-21(20-13)14-3-5-15(22-2)6-4-14/h3-9,11H,10H2,1-2H3,(H,18,19). The molecule has 0 aliphatic carbocycles. The highest BCUT2D eigenvalue weighted by Gasteiger charge is 2.03. The summed E-state index contributed by atoms with van der Waals surface area (Å²) in [5.74, 6) is 1.58. The van der Waals surface area contributed by atoms with Crippen molar-refractivity contribution in [3.63, 3.8) is 0 Å². The van der Waals surface area contributed by atoms with Gasteiger partial charge in [-0.1, -0.05) is 0 Å². The molecule has 3 aromatic rings. The highest BCUT2D eigenvalue weighted by Crippen LogP contribution is 2.14. The Morgan fingerprint density at radius 2 is 1.95 bits per heavy atom. The number of ether oxygens (including phenoxy) is 1. The van der Waals surface area contributed by atoms with E-state index in [0.717, 1.165) is 28.6 Å². The zero-order chi connectivity index (χ0) is 15.4. The van der Waals surface area contributed by atoms with Crippen molar-refractivity contribution >= 4 is 5.82 Å². The maximum Gasteiger partial charge on any atom is 0.145 e. The largest absolute Gasteiger partial charge is 0.497 e. The molecule has 1 aromatic carbocycles. The first-order valence-electron chi connectivity index (χ1n) is 6.96. The van der Waals surface area contributed by atoms with E-state index in [9.17, 15) is 0 Å². The molecule has 0 radical (unpaired) electrons. The first-order chi connectivity index (χ1) is 10.7. The fraction of sp³-hybridized carbons (Fsp3) is 0.188. The summed E-state index contributed by atoms with van der Waals surface area (Å²) in [6, 6.07) is 9.74. The SMILES string of the molecule is COc1ccc(-n2ccc(CNc3cncc(C)n3)n2)cc1. The fourth-order valence-electron chi connectivity index (χ4n) is 2.06. The van der Waals surface area contributed by atoms with Crippen LogP contribution in [0.25, 0.3) is 5.69 Å². The molecule has 6 nitrogen and oxygen atoms in total. The molecule has 0 amide bonds. The molecule has 6 heteroatoms. The molecule has 0 spiro atoms. The molecule has 1 N–H and O–H groups in total. The van der Waals surface area contributed by atoms with E-state index in [1.807, 2.05) is 48.1 Å². The number of anilines is 1. The van der Waals surface area contributed by atoms with Crippen LogP contribution in [0, 0.1) is 6.92 Å². The van der Waals surface area contributed by atoms with Gasteiger partial charge >= 0.3 is 0 Å². The maximum atomic E-state index is 5.15. The van der Waals surface area contributed by atoms with Crippen LogP contribution in [0.4, 0.5) is 5.82 Å². The Kier molecular flexibility index (Phi) is 4.00. The van der Waals surface area contributed by atoms with E-state index in [1.54, 1.807) is 19.5 Å². The van der Waals surface area contributed by atoms with Crippen molar-refractivity contribution in [1.29, 1.82) is 0 Å². The minimum atomic E-state index is 0.599. The normalized spacial score (nSPS) is 10.5. The van der Waals surface area contributed by atoms with E-state index >= 15 is 0 Å². The highest BCUT2D eigenvalue weighted by molar-refractivity contribution is 5.37. The summed E-state index contributed by atoms with van der Waals surface area (Å²) in [7, 11) is 1.65. The zero-order valence-electron chi connectivity index (χ0n) is 12.5. The van der Waals surface area contributed by atoms with Gasteiger partial charge in [-0.15, -0.1) is 0 Å². The van der Waals surface area contributed by atoms with Crippen molar-refractivity contribution in [2.45, 2.75) is 13.5 Å². The van der Waals surface area contributed by atoms with E-state index in [0.29, 0.717) is 6.54 Å². The molecule has 2 heterocycles. The molecule has 2 aromatic heterocycles. The lowest BCUT2D eigenvalue weighted by Crippen LogP contribution is -2.04. The van der Waals surface area contributed by atoms with Crippen LogP contribution in [-0.2, 0) is 6.54 Å². The summed E-state index contributed by atoms with van der Waals surface area (Å²) < 4.78 is 6.99. The lowest BCUT2D eigenvalue weighted by Gasteiger charge is -2.04. The molecule has 0 saturated heterocycles. The molecule has 0 aliphatic heterocycles. The molecular weight excluding hydrogens is 278 g/mol. The van der Waals surface area contributed by atoms with E-state index in [4.69, 9.17) is 4.74 Å². The number of nitrogens with one attached hydrogen (secondary N) is 1. The van der Waals surface area contributed by atoms with Crippen LogP contribution in [-0.4, -0.2) is 26.9 Å². The van der Waals surface area contributed by atoms with Crippen molar-refractivity contribution < 1.29 is 4.74 Å². The monoisotopic (exact) mass is 295 g/mol. The van der Waals surface area contributed by atoms with E-state index in [-0.39, 0.29) is 0 Å². The van der Waals surface area contributed by atoms with Crippen molar-refractivity contribution in [2.24, 2.45) is 0 Å². The Morgan fingerprint density at radius 3 is 2.68 bits per heavy atom. The second-order valence-corrected chi connectivity index (χ2v) is 4.85. The molecule has 0 saturated carbocycles. The summed E-state index contributed by atoms with van der Waals surface area (Å²) >= 11 is 0. The Labute approximate surface area is 128 Å². The first-order valence-corrected chi connectivity index (χ1v) is 6.96. The van der Waals surface area contributed by atoms with Gasteiger partial charge in [-0.05, 0) is 37.3 Å². The van der Waals surface area contributed by atoms with Gasteiger partial charge in [0.15, 0.2) is 0 Å². The van der Waals surface area contributed by atoms with Gasteiger partial charge < -0.3 is 10.1 Å². The lowest BCUT2D eigenvalue weighted by molar-refractivity contribution is 0.414. The third kappa shape index (κ3) is 3.22. The molecular formula is C16H17N5O. The smallest absolute Gasteiger partial charge is 0.145 e. The number of hydrogen-bond donors (Lipinski definition) is 1. The molecule has 22 heavy (non-hydrogen) atoms. The van der Waals surface area contributed by atoms with Gasteiger partial charge in [0.2, 0.25) is 0 Å². The van der Waals surface area contributed by atoms with Gasteiger partial charge in [-0.3, -0.25) is 4.98 Å². The van der Waals surface area contributed by atoms with Crippen molar-refractivity contribution in [2.75, 3.05) is 12.4 Å². The summed E-state index contributed by atoms with van der Waals surface area (Å²) in [6.45, 7) is 2.51. The summed E-state index contributed by atoms with van der Waals surface area (Å²) in [4.78, 5) is 8.45. The van der Waals surface area contributed by atoms with Gasteiger partial charge in [0, 0.05) is 12.4 Å². The van der Waals surface area contributed by atoms with Crippen LogP contribution in [0.1, 0.15) is 11.4 Å². The van der Waals surface area contributed by atoms with Crippen LogP contribution < -0.4 is 10.1 Å². The number of benzene rings is 1. The van der Waals surface area contributed by atoms with E-state index in [2.05, 4.69) is 20.4 Å². The van der Waals surface area contributed by atoms with Gasteiger partial charge in [0.25, 0.3) is 0 Å². The van der Waals surface area contributed by atoms with Crippen molar-refractivity contribution in [1.82, 2.24) is 19.7 Å². The second-order valence-electron chi connectivity index (χ2n) is 4.85. The van der Waals surface area contributed by atoms with Gasteiger partial charge in [-0.25, -0.2) is 9.67 Å². The van der Waals surface area contributed by atoms with Gasteiger partial charge in [0.1, 0.15) is 11.6 Å². The number of nitrogens with zero attached hydrogens (tertiary/aromatic N) is 4. The number of hydrogen-bond acceptors (Lipinski definition) is 5. The average molecular weight is 295 g/mol. The van der Waals surface area contributed by atoms with Crippen LogP contribution >= 0.6 is 0 Å². The number of rotatable bonds is 5. The number of aryl methyl sites for hydroxylation is 1. The number of aromatic nitrogens is 4. The van der Waals surface area contributed by atoms with E-state index in [1.165, 1.54) is 0 Å². The Hall–Kier alpha value is -2.89. The Morgan fingerprint density at radius 1 is 1.14 bits per heavy atom. The molecule has 0 bridgehead atoms. The van der Waals surface area contributed by atoms with Crippen LogP contribution in [0.5, 0.6) is 5.75 Å². The van der Waals surface area contributed by atoms with Gasteiger partial charge in [0.05, 0.1) is 36.9 Å². The summed E-state index contributed by atoms with van der Waals surface area (Å²) in [5.41, 5.74) is 2.80. The topological polar surface area (TPSA) is 64.9 Å². The van der Waals surface area contributed by atoms with Crippen LogP contribution in [0.2, 0.25) is 0 Å². The molecule has 0 fully saturated rings. The minimum Gasteiger partial charge on any atom is -0.497 e. The van der Waals surface area contributed by atoms with E-state index < -0.39 is 0 Å². The number of methoxy groups -OCH3 is 1. The van der Waals surface area contributed by atoms with Crippen molar-refractivity contribution in [3.05, 3.63) is 60.3 Å². The highest BCUT2D eigenvalue weighted by atomic mass is 16.5. The van der Waals surface area contributed by atoms with Crippen LogP contribution in [0.15, 0.2) is 48.9 Å². The predicted molar refractivity (Wildman–Crippen MR) is 84.2 cm³/mol. The molecule has 0 unspecified atom stereocenters. The third-order valence-electron chi connectivity index (χ3n) is 3.19. The van der Waals surface area contributed by atoms with Crippen molar-refractivity contribution in [3.8, 4) is 11.4 Å². The Balaban J connectivity index is 1.68. The zero-order valence-corrected chi connectivity index (χ0v) is 12.5. The Bertz CT molecular complexity index is 751. The lowest BCUT2D eigenvalue weighted by atomic mass is 10.3. The maximum absolute atomic E-state index is 5.15. The summed E-state index contributed by atoms with van der Waals surface area (Å²) in [5, 5.41) is 7.75. The third-order valence-corrected chi connectivity index (χ3v) is 3.19. The second kappa shape index (κ2) is 6.26. The minimum absolute atomic E-state index is 0.599. The molecule has 3 rings (SSSR count). The summed E-state index contributed by atoms with van der Waals surface area (Å²) in [6.07, 6.45) is 5.36.